The number of rotatable bonds is 7. The Morgan fingerprint density at radius 2 is 2.14 bits per heavy atom. The maximum Gasteiger partial charge on any atom is 0.220 e. The van der Waals surface area contributed by atoms with E-state index in [9.17, 15) is 9.59 Å². The van der Waals surface area contributed by atoms with Crippen LogP contribution in [0.3, 0.4) is 0 Å². The van der Waals surface area contributed by atoms with Gasteiger partial charge in [0, 0.05) is 29.7 Å². The summed E-state index contributed by atoms with van der Waals surface area (Å²) in [5.74, 6) is 1.04. The molecule has 4 rings (SSSR count). The third-order valence-corrected chi connectivity index (χ3v) is 6.56. The summed E-state index contributed by atoms with van der Waals surface area (Å²) in [6.07, 6.45) is 5.12. The van der Waals surface area contributed by atoms with Gasteiger partial charge in [0.1, 0.15) is 11.9 Å². The third kappa shape index (κ3) is 4.55. The molecule has 5 nitrogen and oxygen atoms in total. The molecule has 1 aromatic carbocycles. The highest BCUT2D eigenvalue weighted by atomic mass is 32.1. The van der Waals surface area contributed by atoms with E-state index in [1.807, 2.05) is 24.3 Å². The van der Waals surface area contributed by atoms with Crippen LogP contribution in [0.15, 0.2) is 41.8 Å². The number of benzene rings is 1. The molecule has 3 heterocycles. The number of fused-ring (bicyclic) bond motifs is 1. The van der Waals surface area contributed by atoms with Crippen LogP contribution in [0, 0.1) is 0 Å². The molecule has 1 aromatic heterocycles. The topological polar surface area (TPSA) is 67.4 Å². The first-order chi connectivity index (χ1) is 13.6. The van der Waals surface area contributed by atoms with Gasteiger partial charge >= 0.3 is 0 Å². The monoisotopic (exact) mass is 398 g/mol. The SMILES string of the molecule is O=C(CCC1(Cc2cccs2)CCC(=O)N1)NC[C@H]1CCc2ccccc2O1. The minimum atomic E-state index is -0.292. The molecule has 148 valence electrons. The second-order valence-corrected chi connectivity index (χ2v) is 8.81. The summed E-state index contributed by atoms with van der Waals surface area (Å²) in [5, 5.41) is 8.21. The molecule has 6 heteroatoms. The molecule has 1 saturated heterocycles. The quantitative estimate of drug-likeness (QED) is 0.752. The number of nitrogens with one attached hydrogen (secondary N) is 2. The Kier molecular flexibility index (Phi) is 5.67. The molecule has 2 aliphatic heterocycles. The van der Waals surface area contributed by atoms with Crippen molar-refractivity contribution in [3.8, 4) is 5.75 Å². The average molecular weight is 399 g/mol. The summed E-state index contributed by atoms with van der Waals surface area (Å²) in [7, 11) is 0. The lowest BCUT2D eigenvalue weighted by Gasteiger charge is -2.29. The number of carbonyl (C=O) groups is 2. The fraction of sp³-hybridized carbons (Fsp3) is 0.455. The number of thiophene rings is 1. The van der Waals surface area contributed by atoms with E-state index in [1.54, 1.807) is 11.3 Å². The predicted molar refractivity (Wildman–Crippen MR) is 110 cm³/mol. The van der Waals surface area contributed by atoms with Gasteiger partial charge in [-0.15, -0.1) is 11.3 Å². The molecule has 0 aliphatic carbocycles. The van der Waals surface area contributed by atoms with Gasteiger partial charge in [-0.25, -0.2) is 0 Å². The van der Waals surface area contributed by atoms with E-state index in [1.165, 1.54) is 10.4 Å². The number of aryl methyl sites for hydroxylation is 1. The zero-order chi connectivity index (χ0) is 19.4. The van der Waals surface area contributed by atoms with E-state index in [2.05, 4.69) is 28.1 Å². The Morgan fingerprint density at radius 3 is 2.93 bits per heavy atom. The van der Waals surface area contributed by atoms with E-state index in [4.69, 9.17) is 4.74 Å². The smallest absolute Gasteiger partial charge is 0.220 e. The highest BCUT2D eigenvalue weighted by molar-refractivity contribution is 7.09. The van der Waals surface area contributed by atoms with Crippen molar-refractivity contribution in [3.05, 3.63) is 52.2 Å². The van der Waals surface area contributed by atoms with Crippen LogP contribution in [-0.2, 0) is 22.4 Å². The Hall–Kier alpha value is -2.34. The Balaban J connectivity index is 1.27. The van der Waals surface area contributed by atoms with Gasteiger partial charge in [-0.05, 0) is 48.8 Å². The minimum absolute atomic E-state index is 0.0186. The van der Waals surface area contributed by atoms with Gasteiger partial charge < -0.3 is 15.4 Å². The van der Waals surface area contributed by atoms with Crippen LogP contribution in [0.25, 0.3) is 0 Å². The molecule has 2 aliphatic rings. The molecule has 2 amide bonds. The van der Waals surface area contributed by atoms with Crippen LogP contribution in [0.1, 0.15) is 42.5 Å². The number of hydrogen-bond acceptors (Lipinski definition) is 4. The Bertz CT molecular complexity index is 836. The molecule has 1 unspecified atom stereocenters. The normalized spacial score (nSPS) is 23.6. The standard InChI is InChI=1S/C22H26N2O3S/c25-20(23-15-17-8-7-16-4-1-2-6-19(16)27-17)9-11-22(12-10-21(26)24-22)14-18-5-3-13-28-18/h1-6,13,17H,7-12,14-15H2,(H,23,25)(H,24,26)/t17-,22?/m1/s1. The lowest BCUT2D eigenvalue weighted by atomic mass is 9.87. The van der Waals surface area contributed by atoms with Crippen LogP contribution in [0.5, 0.6) is 5.75 Å². The highest BCUT2D eigenvalue weighted by Crippen LogP contribution is 2.31. The molecule has 2 atom stereocenters. The van der Waals surface area contributed by atoms with E-state index in [0.29, 0.717) is 25.8 Å². The summed E-state index contributed by atoms with van der Waals surface area (Å²) >= 11 is 1.70. The second kappa shape index (κ2) is 8.35. The molecule has 0 spiro atoms. The van der Waals surface area contributed by atoms with Crippen LogP contribution in [-0.4, -0.2) is 30.0 Å². The number of ether oxygens (including phenoxy) is 1. The van der Waals surface area contributed by atoms with Crippen molar-refractivity contribution in [2.24, 2.45) is 0 Å². The van der Waals surface area contributed by atoms with Crippen molar-refractivity contribution < 1.29 is 14.3 Å². The van der Waals surface area contributed by atoms with E-state index in [-0.39, 0.29) is 23.5 Å². The van der Waals surface area contributed by atoms with Crippen molar-refractivity contribution >= 4 is 23.2 Å². The van der Waals surface area contributed by atoms with Gasteiger partial charge in [-0.3, -0.25) is 9.59 Å². The maximum atomic E-state index is 12.4. The number of amides is 2. The molecule has 0 bridgehead atoms. The van der Waals surface area contributed by atoms with Crippen LogP contribution < -0.4 is 15.4 Å². The van der Waals surface area contributed by atoms with Gasteiger partial charge in [-0.2, -0.15) is 0 Å². The number of para-hydroxylation sites is 1. The largest absolute Gasteiger partial charge is 0.488 e. The third-order valence-electron chi connectivity index (χ3n) is 5.69. The number of hydrogen-bond donors (Lipinski definition) is 2. The van der Waals surface area contributed by atoms with Crippen molar-refractivity contribution in [1.29, 1.82) is 0 Å². The van der Waals surface area contributed by atoms with E-state index in [0.717, 1.165) is 31.4 Å². The van der Waals surface area contributed by atoms with Crippen LogP contribution in [0.4, 0.5) is 0 Å². The molecule has 28 heavy (non-hydrogen) atoms. The maximum absolute atomic E-state index is 12.4. The molecular weight excluding hydrogens is 372 g/mol. The predicted octanol–water partition coefficient (Wildman–Crippen LogP) is 3.23. The first-order valence-electron chi connectivity index (χ1n) is 9.97. The Morgan fingerprint density at radius 1 is 1.25 bits per heavy atom. The summed E-state index contributed by atoms with van der Waals surface area (Å²) in [4.78, 5) is 25.5. The Labute approximate surface area is 169 Å². The fourth-order valence-corrected chi connectivity index (χ4v) is 4.97. The zero-order valence-electron chi connectivity index (χ0n) is 15.9. The van der Waals surface area contributed by atoms with E-state index < -0.39 is 0 Å². The zero-order valence-corrected chi connectivity index (χ0v) is 16.7. The van der Waals surface area contributed by atoms with Crippen LogP contribution in [0.2, 0.25) is 0 Å². The van der Waals surface area contributed by atoms with Gasteiger partial charge in [0.05, 0.1) is 6.54 Å². The van der Waals surface area contributed by atoms with Crippen molar-refractivity contribution in [1.82, 2.24) is 10.6 Å². The van der Waals surface area contributed by atoms with E-state index >= 15 is 0 Å². The van der Waals surface area contributed by atoms with Crippen molar-refractivity contribution in [3.63, 3.8) is 0 Å². The van der Waals surface area contributed by atoms with Gasteiger partial charge in [0.25, 0.3) is 0 Å². The summed E-state index contributed by atoms with van der Waals surface area (Å²) in [5.41, 5.74) is 0.942. The molecular formula is C22H26N2O3S. The summed E-state index contributed by atoms with van der Waals surface area (Å²) in [6, 6.07) is 12.2. The molecule has 0 saturated carbocycles. The average Bonchev–Trinajstić information content (AvgIpc) is 3.35. The summed E-state index contributed by atoms with van der Waals surface area (Å²) < 4.78 is 5.99. The minimum Gasteiger partial charge on any atom is -0.488 e. The fourth-order valence-electron chi connectivity index (χ4n) is 4.12. The van der Waals surface area contributed by atoms with Gasteiger partial charge in [0.15, 0.2) is 0 Å². The molecule has 0 radical (unpaired) electrons. The highest BCUT2D eigenvalue weighted by Gasteiger charge is 2.38. The van der Waals surface area contributed by atoms with Crippen molar-refractivity contribution in [2.75, 3.05) is 6.54 Å². The van der Waals surface area contributed by atoms with Gasteiger partial charge in [-0.1, -0.05) is 24.3 Å². The lowest BCUT2D eigenvalue weighted by molar-refractivity contribution is -0.123. The second-order valence-electron chi connectivity index (χ2n) is 7.77. The molecule has 2 aromatic rings. The number of carbonyl (C=O) groups excluding carboxylic acids is 2. The van der Waals surface area contributed by atoms with Crippen molar-refractivity contribution in [2.45, 2.75) is 56.6 Å². The van der Waals surface area contributed by atoms with Gasteiger partial charge in [0.2, 0.25) is 11.8 Å². The molecule has 1 fully saturated rings. The lowest BCUT2D eigenvalue weighted by Crippen LogP contribution is -2.45. The molecule has 2 N–H and O–H groups in total. The summed E-state index contributed by atoms with van der Waals surface area (Å²) in [6.45, 7) is 0.525. The first kappa shape index (κ1) is 19.0. The van der Waals surface area contributed by atoms with Crippen LogP contribution >= 0.6 is 11.3 Å². The first-order valence-corrected chi connectivity index (χ1v) is 10.8.